The van der Waals surface area contributed by atoms with Crippen molar-refractivity contribution in [3.05, 3.63) is 53.2 Å². The van der Waals surface area contributed by atoms with Crippen molar-refractivity contribution in [3.8, 4) is 0 Å². The molecule has 1 aromatic heterocycles. The number of aromatic nitrogens is 2. The van der Waals surface area contributed by atoms with Crippen molar-refractivity contribution in [2.24, 2.45) is 0 Å². The van der Waals surface area contributed by atoms with Crippen LogP contribution in [0.5, 0.6) is 0 Å². The van der Waals surface area contributed by atoms with E-state index in [9.17, 15) is 4.79 Å². The number of hydrogen-bond donors (Lipinski definition) is 2. The molecule has 0 fully saturated rings. The van der Waals surface area contributed by atoms with Crippen LogP contribution in [0.2, 0.25) is 0 Å². The smallest absolute Gasteiger partial charge is 0.271 e. The monoisotopic (exact) mass is 284 g/mol. The molecule has 2 rings (SSSR count). The summed E-state index contributed by atoms with van der Waals surface area (Å²) in [6, 6.07) is 11.6. The molecule has 5 heteroatoms. The number of nitrogens with zero attached hydrogens (tertiary/aromatic N) is 2. The van der Waals surface area contributed by atoms with Crippen LogP contribution >= 0.6 is 0 Å². The van der Waals surface area contributed by atoms with Gasteiger partial charge in [-0.2, -0.15) is 0 Å². The fourth-order valence-electron chi connectivity index (χ4n) is 2.02. The summed E-state index contributed by atoms with van der Waals surface area (Å²) in [6.45, 7) is 5.41. The Morgan fingerprint density at radius 3 is 2.62 bits per heavy atom. The summed E-state index contributed by atoms with van der Waals surface area (Å²) in [5.74, 6) is 0.480. The predicted molar refractivity (Wildman–Crippen MR) is 83.4 cm³/mol. The van der Waals surface area contributed by atoms with E-state index in [-0.39, 0.29) is 5.91 Å². The molecule has 1 aromatic carbocycles. The molecule has 0 saturated heterocycles. The third-order valence-electron chi connectivity index (χ3n) is 3.20. The summed E-state index contributed by atoms with van der Waals surface area (Å²) in [7, 11) is 0. The minimum absolute atomic E-state index is 0.195. The van der Waals surface area contributed by atoms with Crippen molar-refractivity contribution in [1.29, 1.82) is 0 Å². The molecule has 0 spiro atoms. The molecule has 21 heavy (non-hydrogen) atoms. The summed E-state index contributed by atoms with van der Waals surface area (Å²) >= 11 is 0. The average molecular weight is 284 g/mol. The van der Waals surface area contributed by atoms with E-state index in [4.69, 9.17) is 0 Å². The zero-order valence-electron chi connectivity index (χ0n) is 12.4. The lowest BCUT2D eigenvalue weighted by atomic mass is 10.1. The van der Waals surface area contributed by atoms with Crippen LogP contribution in [0, 0.1) is 6.92 Å². The van der Waals surface area contributed by atoms with Gasteiger partial charge in [0.1, 0.15) is 5.82 Å². The summed E-state index contributed by atoms with van der Waals surface area (Å²) in [5.41, 5.74) is 2.81. The van der Waals surface area contributed by atoms with Gasteiger partial charge in [0.2, 0.25) is 0 Å². The van der Waals surface area contributed by atoms with Gasteiger partial charge in [0, 0.05) is 13.1 Å². The Bertz CT molecular complexity index is 595. The second kappa shape index (κ2) is 7.38. The fourth-order valence-corrected chi connectivity index (χ4v) is 2.02. The van der Waals surface area contributed by atoms with Crippen molar-refractivity contribution in [2.75, 3.05) is 18.4 Å². The molecule has 1 amide bonds. The molecule has 2 aromatic rings. The van der Waals surface area contributed by atoms with Crippen LogP contribution in [0.1, 0.15) is 28.5 Å². The summed E-state index contributed by atoms with van der Waals surface area (Å²) in [5, 5.41) is 13.8. The molecule has 0 radical (unpaired) electrons. The number of amides is 1. The van der Waals surface area contributed by atoms with E-state index in [1.807, 2.05) is 19.1 Å². The maximum Gasteiger partial charge on any atom is 0.271 e. The number of rotatable bonds is 6. The highest BCUT2D eigenvalue weighted by atomic mass is 16.1. The van der Waals surface area contributed by atoms with Crippen molar-refractivity contribution < 1.29 is 4.79 Å². The van der Waals surface area contributed by atoms with Crippen LogP contribution in [-0.2, 0) is 6.42 Å². The summed E-state index contributed by atoms with van der Waals surface area (Å²) in [6.07, 6.45) is 0.807. The highest BCUT2D eigenvalue weighted by Gasteiger charge is 2.07. The van der Waals surface area contributed by atoms with Gasteiger partial charge in [0.05, 0.1) is 0 Å². The SMILES string of the molecule is CCNc1ccc(C(=O)NCCc2ccccc2C)nn1. The Hall–Kier alpha value is -2.43. The molecule has 0 aliphatic carbocycles. The van der Waals surface area contributed by atoms with Crippen LogP contribution in [0.15, 0.2) is 36.4 Å². The molecule has 0 aliphatic rings. The van der Waals surface area contributed by atoms with Crippen molar-refractivity contribution in [1.82, 2.24) is 15.5 Å². The molecule has 0 unspecified atom stereocenters. The quantitative estimate of drug-likeness (QED) is 0.853. The van der Waals surface area contributed by atoms with Crippen LogP contribution in [0.4, 0.5) is 5.82 Å². The number of nitrogens with one attached hydrogen (secondary N) is 2. The first-order valence-corrected chi connectivity index (χ1v) is 7.11. The van der Waals surface area contributed by atoms with E-state index in [2.05, 4.69) is 39.9 Å². The summed E-state index contributed by atoms with van der Waals surface area (Å²) in [4.78, 5) is 12.0. The van der Waals surface area contributed by atoms with Gasteiger partial charge in [-0.25, -0.2) is 0 Å². The van der Waals surface area contributed by atoms with Gasteiger partial charge in [-0.1, -0.05) is 24.3 Å². The number of aryl methyl sites for hydroxylation is 1. The summed E-state index contributed by atoms with van der Waals surface area (Å²) < 4.78 is 0. The molecule has 1 heterocycles. The second-order valence-corrected chi connectivity index (χ2v) is 4.77. The number of hydrogen-bond acceptors (Lipinski definition) is 4. The van der Waals surface area contributed by atoms with Crippen molar-refractivity contribution >= 4 is 11.7 Å². The lowest BCUT2D eigenvalue weighted by molar-refractivity contribution is 0.0948. The van der Waals surface area contributed by atoms with Gasteiger partial charge in [0.15, 0.2) is 5.69 Å². The zero-order valence-corrected chi connectivity index (χ0v) is 12.4. The van der Waals surface area contributed by atoms with E-state index in [1.165, 1.54) is 11.1 Å². The van der Waals surface area contributed by atoms with E-state index in [0.29, 0.717) is 18.1 Å². The van der Waals surface area contributed by atoms with Gasteiger partial charge < -0.3 is 10.6 Å². The first-order chi connectivity index (χ1) is 10.2. The van der Waals surface area contributed by atoms with Gasteiger partial charge in [-0.05, 0) is 43.5 Å². The van der Waals surface area contributed by atoms with Crippen LogP contribution in [0.3, 0.4) is 0 Å². The average Bonchev–Trinajstić information content (AvgIpc) is 2.50. The second-order valence-electron chi connectivity index (χ2n) is 4.77. The van der Waals surface area contributed by atoms with Crippen LogP contribution < -0.4 is 10.6 Å². The van der Waals surface area contributed by atoms with E-state index < -0.39 is 0 Å². The van der Waals surface area contributed by atoms with Gasteiger partial charge in [-0.15, -0.1) is 10.2 Å². The fraction of sp³-hybridized carbons (Fsp3) is 0.312. The topological polar surface area (TPSA) is 66.9 Å². The van der Waals surface area contributed by atoms with Gasteiger partial charge >= 0.3 is 0 Å². The maximum absolute atomic E-state index is 12.0. The molecular formula is C16H20N4O. The Labute approximate surface area is 124 Å². The molecule has 0 aliphatic heterocycles. The molecule has 0 saturated carbocycles. The molecule has 0 atom stereocenters. The highest BCUT2D eigenvalue weighted by molar-refractivity contribution is 5.92. The minimum atomic E-state index is -0.195. The first-order valence-electron chi connectivity index (χ1n) is 7.11. The third kappa shape index (κ3) is 4.27. The van der Waals surface area contributed by atoms with E-state index in [0.717, 1.165) is 13.0 Å². The van der Waals surface area contributed by atoms with Crippen LogP contribution in [-0.4, -0.2) is 29.2 Å². The molecule has 0 bridgehead atoms. The Morgan fingerprint density at radius 2 is 1.95 bits per heavy atom. The number of benzene rings is 1. The van der Waals surface area contributed by atoms with Gasteiger partial charge in [0.25, 0.3) is 5.91 Å². The van der Waals surface area contributed by atoms with E-state index in [1.54, 1.807) is 12.1 Å². The van der Waals surface area contributed by atoms with Gasteiger partial charge in [-0.3, -0.25) is 4.79 Å². The molecule has 110 valence electrons. The molecular weight excluding hydrogens is 264 g/mol. The number of carbonyl (C=O) groups is 1. The maximum atomic E-state index is 12.0. The lowest BCUT2D eigenvalue weighted by Gasteiger charge is -2.07. The molecule has 5 nitrogen and oxygen atoms in total. The van der Waals surface area contributed by atoms with Crippen LogP contribution in [0.25, 0.3) is 0 Å². The molecule has 2 N–H and O–H groups in total. The Morgan fingerprint density at radius 1 is 1.14 bits per heavy atom. The Kier molecular flexibility index (Phi) is 5.26. The highest BCUT2D eigenvalue weighted by Crippen LogP contribution is 2.07. The first kappa shape index (κ1) is 15.0. The lowest BCUT2D eigenvalue weighted by Crippen LogP contribution is -2.27. The largest absolute Gasteiger partial charge is 0.369 e. The minimum Gasteiger partial charge on any atom is -0.369 e. The number of anilines is 1. The van der Waals surface area contributed by atoms with Crippen molar-refractivity contribution in [3.63, 3.8) is 0 Å². The zero-order chi connectivity index (χ0) is 15.1. The van der Waals surface area contributed by atoms with E-state index >= 15 is 0 Å². The van der Waals surface area contributed by atoms with Crippen molar-refractivity contribution in [2.45, 2.75) is 20.3 Å². The normalized spacial score (nSPS) is 10.2. The Balaban J connectivity index is 1.85. The third-order valence-corrected chi connectivity index (χ3v) is 3.20. The number of carbonyl (C=O) groups excluding carboxylic acids is 1. The standard InChI is InChI=1S/C16H20N4O/c1-3-17-15-9-8-14(19-20-15)16(21)18-11-10-13-7-5-4-6-12(13)2/h4-9H,3,10-11H2,1-2H3,(H,17,20)(H,18,21). The predicted octanol–water partition coefficient (Wildman–Crippen LogP) is 2.19.